The van der Waals surface area contributed by atoms with E-state index in [0.717, 1.165) is 38.5 Å². The lowest BCUT2D eigenvalue weighted by molar-refractivity contribution is -0.139. The summed E-state index contributed by atoms with van der Waals surface area (Å²) in [6.07, 6.45) is 0.272. The average molecular weight is 584 g/mol. The van der Waals surface area contributed by atoms with Gasteiger partial charge in [-0.3, -0.25) is 10.1 Å². The first-order chi connectivity index (χ1) is 21.1. The first-order valence-corrected chi connectivity index (χ1v) is 15.2. The molecule has 6 heteroatoms. The lowest BCUT2D eigenvalue weighted by Gasteiger charge is -2.39. The van der Waals surface area contributed by atoms with E-state index in [0.29, 0.717) is 0 Å². The molecular weight excluding hydrogens is 545 g/mol. The summed E-state index contributed by atoms with van der Waals surface area (Å²) in [4.78, 5) is 13.1. The van der Waals surface area contributed by atoms with Crippen LogP contribution in [0.4, 0.5) is 0 Å². The van der Waals surface area contributed by atoms with Crippen LogP contribution >= 0.6 is 0 Å². The highest BCUT2D eigenvalue weighted by Gasteiger charge is 2.52. The molecule has 5 aromatic rings. The monoisotopic (exact) mass is 583 g/mol. The molecule has 2 N–H and O–H groups in total. The molecule has 222 valence electrons. The van der Waals surface area contributed by atoms with Crippen LogP contribution in [-0.4, -0.2) is 35.4 Å². The zero-order chi connectivity index (χ0) is 31.0. The first kappa shape index (κ1) is 29.8. The third-order valence-corrected chi connectivity index (χ3v) is 9.29. The van der Waals surface area contributed by atoms with Crippen LogP contribution in [0.3, 0.4) is 0 Å². The maximum atomic E-state index is 13.1. The van der Waals surface area contributed by atoms with Gasteiger partial charge in [0.15, 0.2) is 0 Å². The largest absolute Gasteiger partial charge is 0.495 e. The van der Waals surface area contributed by atoms with E-state index < -0.39 is 35.9 Å². The Morgan fingerprint density at radius 1 is 0.682 bits per heavy atom. The van der Waals surface area contributed by atoms with Crippen LogP contribution in [0.15, 0.2) is 127 Å². The minimum Gasteiger partial charge on any atom is -0.480 e. The second kappa shape index (κ2) is 11.7. The molecule has 1 aliphatic heterocycles. The molecule has 0 bridgehead atoms. The highest BCUT2D eigenvalue weighted by molar-refractivity contribution is 6.65. The Labute approximate surface area is 260 Å². The minimum atomic E-state index is -0.920. The fourth-order valence-corrected chi connectivity index (χ4v) is 6.23. The predicted molar refractivity (Wildman–Crippen MR) is 177 cm³/mol. The third kappa shape index (κ3) is 5.34. The van der Waals surface area contributed by atoms with Gasteiger partial charge in [0.05, 0.1) is 16.7 Å². The van der Waals surface area contributed by atoms with Gasteiger partial charge >= 0.3 is 13.1 Å². The number of carbonyl (C=O) groups is 1. The number of carboxylic acid groups (broad SMARTS) is 1. The normalized spacial score (nSPS) is 16.6. The molecule has 0 spiro atoms. The van der Waals surface area contributed by atoms with Crippen molar-refractivity contribution in [3.8, 4) is 0 Å². The second-order valence-electron chi connectivity index (χ2n) is 12.5. The summed E-state index contributed by atoms with van der Waals surface area (Å²) in [6.45, 7) is 8.19. The summed E-state index contributed by atoms with van der Waals surface area (Å²) in [5.74, 6) is -0.920. The Bertz CT molecular complexity index is 1640. The van der Waals surface area contributed by atoms with Crippen molar-refractivity contribution in [2.45, 2.75) is 56.9 Å². The number of aliphatic carboxylic acids is 1. The maximum absolute atomic E-state index is 13.1. The highest BCUT2D eigenvalue weighted by atomic mass is 16.7. The molecule has 0 saturated carbocycles. The predicted octanol–water partition coefficient (Wildman–Crippen LogP) is 6.72. The van der Waals surface area contributed by atoms with Gasteiger partial charge in [-0.25, -0.2) is 0 Å². The Hall–Kier alpha value is -4.23. The molecule has 0 unspecified atom stereocenters. The lowest BCUT2D eigenvalue weighted by atomic mass is 9.74. The van der Waals surface area contributed by atoms with E-state index in [1.807, 2.05) is 107 Å². The van der Waals surface area contributed by atoms with Crippen molar-refractivity contribution in [2.24, 2.45) is 0 Å². The van der Waals surface area contributed by atoms with Crippen molar-refractivity contribution >= 4 is 29.3 Å². The Morgan fingerprint density at radius 2 is 1.11 bits per heavy atom. The standard InChI is InChI=1S/C38H38BNO4/c1-36(2)37(3,4)44-39(43-36)33-25-24-27(31-22-14-15-23-32(31)33)26-34(35(41)42)40-38(28-16-8-5-9-17-28,29-18-10-6-11-19-29)30-20-12-7-13-21-30/h5-25,34,40H,26H2,1-4H3,(H,41,42)/t34-/m0/s1. The molecule has 44 heavy (non-hydrogen) atoms. The highest BCUT2D eigenvalue weighted by Crippen LogP contribution is 2.39. The Kier molecular flexibility index (Phi) is 7.93. The Balaban J connectivity index is 1.45. The first-order valence-electron chi connectivity index (χ1n) is 15.2. The van der Waals surface area contributed by atoms with Gasteiger partial charge in [-0.15, -0.1) is 0 Å². The van der Waals surface area contributed by atoms with Crippen LogP contribution in [0.25, 0.3) is 10.8 Å². The summed E-state index contributed by atoms with van der Waals surface area (Å²) in [5.41, 5.74) is 2.92. The molecule has 0 aliphatic carbocycles. The van der Waals surface area contributed by atoms with E-state index in [1.54, 1.807) is 0 Å². The quantitative estimate of drug-likeness (QED) is 0.149. The summed E-state index contributed by atoms with van der Waals surface area (Å²) < 4.78 is 12.8. The molecule has 1 aliphatic rings. The van der Waals surface area contributed by atoms with E-state index in [-0.39, 0.29) is 6.42 Å². The average Bonchev–Trinajstić information content (AvgIpc) is 3.26. The molecule has 0 radical (unpaired) electrons. The number of fused-ring (bicyclic) bond motifs is 1. The van der Waals surface area contributed by atoms with Crippen LogP contribution in [-0.2, 0) is 26.1 Å². The maximum Gasteiger partial charge on any atom is 0.495 e. The zero-order valence-corrected chi connectivity index (χ0v) is 25.7. The van der Waals surface area contributed by atoms with Crippen LogP contribution < -0.4 is 10.8 Å². The number of carboxylic acids is 1. The molecule has 5 nitrogen and oxygen atoms in total. The number of hydrogen-bond acceptors (Lipinski definition) is 4. The van der Waals surface area contributed by atoms with Gasteiger partial charge in [-0.2, -0.15) is 0 Å². The molecule has 1 atom stereocenters. The van der Waals surface area contributed by atoms with E-state index in [2.05, 4.69) is 53.8 Å². The molecular formula is C38H38BNO4. The van der Waals surface area contributed by atoms with Gasteiger partial charge in [-0.1, -0.05) is 127 Å². The molecule has 1 saturated heterocycles. The fraction of sp³-hybridized carbons (Fsp3) is 0.237. The topological polar surface area (TPSA) is 67.8 Å². The molecule has 0 amide bonds. The van der Waals surface area contributed by atoms with Gasteiger partial charge in [0.25, 0.3) is 0 Å². The van der Waals surface area contributed by atoms with Crippen LogP contribution in [0.2, 0.25) is 0 Å². The molecule has 0 aromatic heterocycles. The van der Waals surface area contributed by atoms with Crippen molar-refractivity contribution < 1.29 is 19.2 Å². The van der Waals surface area contributed by atoms with Crippen LogP contribution in [0.1, 0.15) is 49.9 Å². The van der Waals surface area contributed by atoms with Crippen LogP contribution in [0, 0.1) is 0 Å². The zero-order valence-electron chi connectivity index (χ0n) is 25.7. The fourth-order valence-electron chi connectivity index (χ4n) is 6.23. The summed E-state index contributed by atoms with van der Waals surface area (Å²) in [7, 11) is -0.519. The molecule has 5 aromatic carbocycles. The van der Waals surface area contributed by atoms with Gasteiger partial charge < -0.3 is 14.4 Å². The number of rotatable bonds is 9. The van der Waals surface area contributed by atoms with Crippen molar-refractivity contribution in [3.05, 3.63) is 150 Å². The van der Waals surface area contributed by atoms with E-state index in [4.69, 9.17) is 9.31 Å². The smallest absolute Gasteiger partial charge is 0.480 e. The van der Waals surface area contributed by atoms with Crippen molar-refractivity contribution in [3.63, 3.8) is 0 Å². The number of benzene rings is 5. The van der Waals surface area contributed by atoms with Crippen molar-refractivity contribution in [1.29, 1.82) is 0 Å². The lowest BCUT2D eigenvalue weighted by Crippen LogP contribution is -2.53. The van der Waals surface area contributed by atoms with Crippen LogP contribution in [0.5, 0.6) is 0 Å². The van der Waals surface area contributed by atoms with Gasteiger partial charge in [0.2, 0.25) is 0 Å². The SMILES string of the molecule is CC1(C)OB(c2ccc(C[C@H](NC(c3ccccc3)(c3ccccc3)c3ccccc3)C(=O)O)c3ccccc23)OC1(C)C. The van der Waals surface area contributed by atoms with E-state index in [9.17, 15) is 9.90 Å². The van der Waals surface area contributed by atoms with Crippen molar-refractivity contribution in [1.82, 2.24) is 5.32 Å². The van der Waals surface area contributed by atoms with Gasteiger partial charge in [-0.05, 0) is 72.6 Å². The molecule has 6 rings (SSSR count). The van der Waals surface area contributed by atoms with E-state index in [1.165, 1.54) is 0 Å². The third-order valence-electron chi connectivity index (χ3n) is 9.29. The summed E-state index contributed by atoms with van der Waals surface area (Å²) in [5, 5.41) is 16.4. The Morgan fingerprint density at radius 3 is 1.57 bits per heavy atom. The summed E-state index contributed by atoms with van der Waals surface area (Å²) >= 11 is 0. The van der Waals surface area contributed by atoms with E-state index >= 15 is 0 Å². The summed E-state index contributed by atoms with van der Waals surface area (Å²) in [6, 6.07) is 41.5. The molecule has 1 fully saturated rings. The van der Waals surface area contributed by atoms with Gasteiger partial charge in [0.1, 0.15) is 6.04 Å². The second-order valence-corrected chi connectivity index (χ2v) is 12.5. The number of nitrogens with one attached hydrogen (secondary N) is 1. The van der Waals surface area contributed by atoms with Crippen molar-refractivity contribution in [2.75, 3.05) is 0 Å². The van der Waals surface area contributed by atoms with Gasteiger partial charge in [0, 0.05) is 0 Å². The minimum absolute atomic E-state index is 0.272. The molecule has 1 heterocycles. The number of hydrogen-bond donors (Lipinski definition) is 2.